The van der Waals surface area contributed by atoms with Crippen LogP contribution >= 0.6 is 11.6 Å². The van der Waals surface area contributed by atoms with Gasteiger partial charge in [0.15, 0.2) is 5.69 Å². The summed E-state index contributed by atoms with van der Waals surface area (Å²) in [5.74, 6) is 0. The Bertz CT molecular complexity index is 857. The molecular weight excluding hydrogens is 306 g/mol. The first-order chi connectivity index (χ1) is 11.2. The van der Waals surface area contributed by atoms with Gasteiger partial charge in [0.2, 0.25) is 0 Å². The van der Waals surface area contributed by atoms with E-state index < -0.39 is 0 Å². The molecule has 0 amide bonds. The fraction of sp³-hybridized carbons (Fsp3) is 0.158. The molecule has 0 spiro atoms. The van der Waals surface area contributed by atoms with Crippen molar-refractivity contribution in [3.8, 4) is 23.0 Å². The Labute approximate surface area is 140 Å². The van der Waals surface area contributed by atoms with E-state index in [9.17, 15) is 5.26 Å². The largest absolute Gasteiger partial charge is 0.232 e. The zero-order chi connectivity index (χ0) is 16.2. The van der Waals surface area contributed by atoms with Crippen LogP contribution in [0.3, 0.4) is 0 Å². The molecule has 0 atom stereocenters. The molecule has 3 nitrogen and oxygen atoms in total. The van der Waals surface area contributed by atoms with Crippen LogP contribution < -0.4 is 0 Å². The van der Waals surface area contributed by atoms with Gasteiger partial charge in [0, 0.05) is 16.7 Å². The molecule has 0 unspecified atom stereocenters. The number of nitrogens with zero attached hydrogens (tertiary/aromatic N) is 3. The molecule has 4 heteroatoms. The van der Waals surface area contributed by atoms with Gasteiger partial charge < -0.3 is 0 Å². The quantitative estimate of drug-likeness (QED) is 0.677. The molecule has 0 saturated heterocycles. The Hall–Kier alpha value is -2.57. The predicted octanol–water partition coefficient (Wildman–Crippen LogP) is 5.02. The van der Waals surface area contributed by atoms with Crippen LogP contribution in [0.5, 0.6) is 0 Å². The highest BCUT2D eigenvalue weighted by molar-refractivity contribution is 6.30. The van der Waals surface area contributed by atoms with Crippen LogP contribution in [0.1, 0.15) is 24.6 Å². The van der Waals surface area contributed by atoms with Crippen molar-refractivity contribution >= 4 is 11.6 Å². The van der Waals surface area contributed by atoms with E-state index in [1.54, 1.807) is 10.7 Å². The van der Waals surface area contributed by atoms with Crippen molar-refractivity contribution in [1.29, 1.82) is 5.26 Å². The van der Waals surface area contributed by atoms with Gasteiger partial charge in [-0.3, -0.25) is 0 Å². The molecule has 1 heterocycles. The Morgan fingerprint density at radius 2 is 1.91 bits per heavy atom. The van der Waals surface area contributed by atoms with Gasteiger partial charge in [0.05, 0.1) is 11.4 Å². The van der Waals surface area contributed by atoms with Gasteiger partial charge in [-0.05, 0) is 30.2 Å². The van der Waals surface area contributed by atoms with Gasteiger partial charge in [0.25, 0.3) is 0 Å². The molecule has 0 saturated carbocycles. The van der Waals surface area contributed by atoms with Gasteiger partial charge in [-0.25, -0.2) is 4.68 Å². The predicted molar refractivity (Wildman–Crippen MR) is 92.7 cm³/mol. The average Bonchev–Trinajstić information content (AvgIpc) is 3.00. The van der Waals surface area contributed by atoms with Gasteiger partial charge >= 0.3 is 0 Å². The Balaban J connectivity index is 2.08. The number of rotatable bonds is 4. The number of halogens is 1. The molecule has 0 bridgehead atoms. The molecule has 3 aromatic rings. The first-order valence-electron chi connectivity index (χ1n) is 7.56. The van der Waals surface area contributed by atoms with E-state index in [1.807, 2.05) is 24.3 Å². The number of hydrogen-bond donors (Lipinski definition) is 0. The summed E-state index contributed by atoms with van der Waals surface area (Å²) in [6.07, 6.45) is 2.19. The summed E-state index contributed by atoms with van der Waals surface area (Å²) < 4.78 is 1.76. The van der Waals surface area contributed by atoms with E-state index in [0.29, 0.717) is 10.7 Å². The zero-order valence-corrected chi connectivity index (χ0v) is 13.6. The van der Waals surface area contributed by atoms with E-state index in [1.165, 1.54) is 5.56 Å². The van der Waals surface area contributed by atoms with Crippen molar-refractivity contribution < 1.29 is 0 Å². The van der Waals surface area contributed by atoms with Gasteiger partial charge in [-0.1, -0.05) is 55.3 Å². The summed E-state index contributed by atoms with van der Waals surface area (Å²) in [6.45, 7) is 2.17. The normalized spacial score (nSPS) is 10.5. The Morgan fingerprint density at radius 1 is 1.13 bits per heavy atom. The van der Waals surface area contributed by atoms with Gasteiger partial charge in [0.1, 0.15) is 6.07 Å². The van der Waals surface area contributed by atoms with E-state index in [4.69, 9.17) is 11.6 Å². The van der Waals surface area contributed by atoms with Gasteiger partial charge in [-0.2, -0.15) is 10.4 Å². The van der Waals surface area contributed by atoms with Crippen LogP contribution in [0.4, 0.5) is 0 Å². The highest BCUT2D eigenvalue weighted by atomic mass is 35.5. The van der Waals surface area contributed by atoms with E-state index >= 15 is 0 Å². The van der Waals surface area contributed by atoms with Crippen molar-refractivity contribution in [2.24, 2.45) is 0 Å². The SMILES string of the molecule is CCCc1ccc(-c2cc(C#N)nn2-c2cccc(Cl)c2)cc1. The fourth-order valence-electron chi connectivity index (χ4n) is 2.58. The van der Waals surface area contributed by atoms with Crippen molar-refractivity contribution in [3.05, 3.63) is 70.9 Å². The summed E-state index contributed by atoms with van der Waals surface area (Å²) in [5.41, 5.74) is 4.44. The standard InChI is InChI=1S/C19H16ClN3/c1-2-4-14-7-9-15(10-8-14)19-12-17(13-21)22-23(19)18-6-3-5-16(20)11-18/h3,5-12H,2,4H2,1H3. The molecule has 1 aromatic heterocycles. The Morgan fingerprint density at radius 3 is 2.57 bits per heavy atom. The molecule has 0 aliphatic rings. The third kappa shape index (κ3) is 3.28. The summed E-state index contributed by atoms with van der Waals surface area (Å²) >= 11 is 6.08. The first-order valence-corrected chi connectivity index (χ1v) is 7.94. The lowest BCUT2D eigenvalue weighted by atomic mass is 10.1. The zero-order valence-electron chi connectivity index (χ0n) is 12.8. The minimum atomic E-state index is 0.387. The Kier molecular flexibility index (Phi) is 4.45. The molecule has 3 rings (SSSR count). The smallest absolute Gasteiger partial charge is 0.163 e. The summed E-state index contributed by atoms with van der Waals surface area (Å²) in [5, 5.41) is 14.2. The summed E-state index contributed by atoms with van der Waals surface area (Å²) in [4.78, 5) is 0. The number of nitriles is 1. The highest BCUT2D eigenvalue weighted by Gasteiger charge is 2.12. The minimum absolute atomic E-state index is 0.387. The van der Waals surface area contributed by atoms with Crippen molar-refractivity contribution in [3.63, 3.8) is 0 Å². The fourth-order valence-corrected chi connectivity index (χ4v) is 2.76. The maximum atomic E-state index is 9.19. The van der Waals surface area contributed by atoms with Crippen LogP contribution in [0.2, 0.25) is 5.02 Å². The third-order valence-electron chi connectivity index (χ3n) is 3.67. The molecule has 0 N–H and O–H groups in total. The molecule has 23 heavy (non-hydrogen) atoms. The van der Waals surface area contributed by atoms with E-state index in [0.717, 1.165) is 29.8 Å². The molecule has 2 aromatic carbocycles. The second kappa shape index (κ2) is 6.68. The van der Waals surface area contributed by atoms with Gasteiger partial charge in [-0.15, -0.1) is 0 Å². The van der Waals surface area contributed by atoms with Crippen LogP contribution in [0.15, 0.2) is 54.6 Å². The maximum Gasteiger partial charge on any atom is 0.163 e. The summed E-state index contributed by atoms with van der Waals surface area (Å²) in [6, 6.07) is 19.8. The molecule has 0 fully saturated rings. The van der Waals surface area contributed by atoms with E-state index in [2.05, 4.69) is 42.4 Å². The average molecular weight is 322 g/mol. The summed E-state index contributed by atoms with van der Waals surface area (Å²) in [7, 11) is 0. The topological polar surface area (TPSA) is 41.6 Å². The molecular formula is C19H16ClN3. The third-order valence-corrected chi connectivity index (χ3v) is 3.90. The van der Waals surface area contributed by atoms with Crippen LogP contribution in [-0.4, -0.2) is 9.78 Å². The lowest BCUT2D eigenvalue weighted by Gasteiger charge is -2.08. The van der Waals surface area contributed by atoms with Crippen LogP contribution in [0.25, 0.3) is 16.9 Å². The van der Waals surface area contributed by atoms with E-state index in [-0.39, 0.29) is 0 Å². The lowest BCUT2D eigenvalue weighted by molar-refractivity contribution is 0.880. The monoisotopic (exact) mass is 321 g/mol. The molecule has 114 valence electrons. The first kappa shape index (κ1) is 15.3. The van der Waals surface area contributed by atoms with Crippen molar-refractivity contribution in [2.75, 3.05) is 0 Å². The lowest BCUT2D eigenvalue weighted by Crippen LogP contribution is -1.99. The molecule has 0 aliphatic carbocycles. The number of aromatic nitrogens is 2. The second-order valence-electron chi connectivity index (χ2n) is 5.37. The maximum absolute atomic E-state index is 9.19. The van der Waals surface area contributed by atoms with Crippen LogP contribution in [-0.2, 0) is 6.42 Å². The number of hydrogen-bond acceptors (Lipinski definition) is 2. The highest BCUT2D eigenvalue weighted by Crippen LogP contribution is 2.25. The number of aryl methyl sites for hydroxylation is 1. The molecule has 0 radical (unpaired) electrons. The number of benzene rings is 2. The van der Waals surface area contributed by atoms with Crippen molar-refractivity contribution in [1.82, 2.24) is 9.78 Å². The van der Waals surface area contributed by atoms with Crippen molar-refractivity contribution in [2.45, 2.75) is 19.8 Å². The minimum Gasteiger partial charge on any atom is -0.232 e. The molecule has 0 aliphatic heterocycles. The van der Waals surface area contributed by atoms with Crippen LogP contribution in [0, 0.1) is 11.3 Å². The second-order valence-corrected chi connectivity index (χ2v) is 5.80.